The number of benzene rings is 1. The molecule has 0 bridgehead atoms. The first-order chi connectivity index (χ1) is 10.3. The molecule has 0 aliphatic heterocycles. The molecule has 0 atom stereocenters. The Morgan fingerprint density at radius 3 is 2.32 bits per heavy atom. The zero-order valence-corrected chi connectivity index (χ0v) is 13.9. The maximum atomic E-state index is 11.4. The van der Waals surface area contributed by atoms with E-state index in [0.717, 1.165) is 11.1 Å². The van der Waals surface area contributed by atoms with E-state index in [1.807, 2.05) is 6.92 Å². The van der Waals surface area contributed by atoms with Crippen LogP contribution in [0.4, 0.5) is 5.82 Å². The summed E-state index contributed by atoms with van der Waals surface area (Å²) in [6.45, 7) is 4.21. The molecule has 0 amide bonds. The Kier molecular flexibility index (Phi) is 4.65. The molecular weight excluding hydrogens is 302 g/mol. The summed E-state index contributed by atoms with van der Waals surface area (Å²) in [4.78, 5) is 8.87. The van der Waals surface area contributed by atoms with E-state index in [0.29, 0.717) is 29.0 Å². The van der Waals surface area contributed by atoms with Crippen molar-refractivity contribution < 1.29 is 13.2 Å². The van der Waals surface area contributed by atoms with Gasteiger partial charge in [0.15, 0.2) is 9.84 Å². The highest BCUT2D eigenvalue weighted by molar-refractivity contribution is 7.90. The molecular formula is C15H19N3O3S. The maximum Gasteiger partial charge on any atom is 0.221 e. The van der Waals surface area contributed by atoms with Gasteiger partial charge in [0.1, 0.15) is 11.6 Å². The fourth-order valence-corrected chi connectivity index (χ4v) is 2.64. The van der Waals surface area contributed by atoms with Gasteiger partial charge in [0.2, 0.25) is 5.88 Å². The molecule has 6 nitrogen and oxygen atoms in total. The van der Waals surface area contributed by atoms with Crippen molar-refractivity contribution >= 4 is 15.7 Å². The van der Waals surface area contributed by atoms with E-state index in [-0.39, 0.29) is 0 Å². The fourth-order valence-electron chi connectivity index (χ4n) is 2.01. The topological polar surface area (TPSA) is 81.2 Å². The monoisotopic (exact) mass is 321 g/mol. The zero-order chi connectivity index (χ0) is 16.3. The van der Waals surface area contributed by atoms with Gasteiger partial charge in [0.05, 0.1) is 17.6 Å². The summed E-state index contributed by atoms with van der Waals surface area (Å²) in [5.74, 6) is 1.87. The van der Waals surface area contributed by atoms with Crippen molar-refractivity contribution in [2.75, 3.05) is 18.7 Å². The van der Waals surface area contributed by atoms with Crippen LogP contribution in [0.5, 0.6) is 5.88 Å². The van der Waals surface area contributed by atoms with Crippen molar-refractivity contribution in [2.24, 2.45) is 0 Å². The number of anilines is 1. The third-order valence-corrected chi connectivity index (χ3v) is 4.35. The van der Waals surface area contributed by atoms with Gasteiger partial charge in [0.25, 0.3) is 0 Å². The van der Waals surface area contributed by atoms with Crippen LogP contribution in [0.25, 0.3) is 0 Å². The molecule has 2 aromatic rings. The summed E-state index contributed by atoms with van der Waals surface area (Å²) in [6, 6.07) is 6.77. The van der Waals surface area contributed by atoms with E-state index >= 15 is 0 Å². The van der Waals surface area contributed by atoms with Gasteiger partial charge in [-0.05, 0) is 31.5 Å². The first-order valence-electron chi connectivity index (χ1n) is 6.73. The fraction of sp³-hybridized carbons (Fsp3) is 0.333. The summed E-state index contributed by atoms with van der Waals surface area (Å²) in [6.07, 6.45) is 1.19. The van der Waals surface area contributed by atoms with E-state index in [9.17, 15) is 8.42 Å². The predicted octanol–water partition coefficient (Wildman–Crippen LogP) is 2.12. The quantitative estimate of drug-likeness (QED) is 0.908. The average Bonchev–Trinajstić information content (AvgIpc) is 2.47. The SMILES string of the molecule is COc1nc(C)nc(NCc2ccc(S(C)(=O)=O)cc2)c1C. The summed E-state index contributed by atoms with van der Waals surface area (Å²) < 4.78 is 28.1. The third-order valence-electron chi connectivity index (χ3n) is 3.22. The van der Waals surface area contributed by atoms with Crippen LogP contribution in [-0.2, 0) is 16.4 Å². The lowest BCUT2D eigenvalue weighted by molar-refractivity contribution is 0.392. The Morgan fingerprint density at radius 2 is 1.77 bits per heavy atom. The van der Waals surface area contributed by atoms with Crippen LogP contribution >= 0.6 is 0 Å². The Hall–Kier alpha value is -2.15. The largest absolute Gasteiger partial charge is 0.481 e. The van der Waals surface area contributed by atoms with Crippen LogP contribution in [0.1, 0.15) is 17.0 Å². The van der Waals surface area contributed by atoms with Gasteiger partial charge in [-0.25, -0.2) is 13.4 Å². The van der Waals surface area contributed by atoms with Crippen LogP contribution in [0.2, 0.25) is 0 Å². The Balaban J connectivity index is 2.15. The van der Waals surface area contributed by atoms with Crippen LogP contribution in [-0.4, -0.2) is 31.8 Å². The molecule has 22 heavy (non-hydrogen) atoms. The lowest BCUT2D eigenvalue weighted by Crippen LogP contribution is -2.07. The lowest BCUT2D eigenvalue weighted by Gasteiger charge is -2.12. The van der Waals surface area contributed by atoms with E-state index < -0.39 is 9.84 Å². The van der Waals surface area contributed by atoms with Gasteiger partial charge in [-0.15, -0.1) is 0 Å². The van der Waals surface area contributed by atoms with Crippen molar-refractivity contribution in [3.05, 3.63) is 41.2 Å². The first kappa shape index (κ1) is 16.2. The predicted molar refractivity (Wildman–Crippen MR) is 84.9 cm³/mol. The molecule has 1 aromatic carbocycles. The van der Waals surface area contributed by atoms with Crippen molar-refractivity contribution in [2.45, 2.75) is 25.3 Å². The van der Waals surface area contributed by atoms with Crippen molar-refractivity contribution in [3.63, 3.8) is 0 Å². The van der Waals surface area contributed by atoms with Crippen LogP contribution in [0.15, 0.2) is 29.2 Å². The van der Waals surface area contributed by atoms with Crippen LogP contribution < -0.4 is 10.1 Å². The maximum absolute atomic E-state index is 11.4. The van der Waals surface area contributed by atoms with Gasteiger partial charge in [-0.3, -0.25) is 0 Å². The second-order valence-electron chi connectivity index (χ2n) is 5.02. The van der Waals surface area contributed by atoms with Crippen molar-refractivity contribution in [1.29, 1.82) is 0 Å². The molecule has 0 saturated carbocycles. The minimum Gasteiger partial charge on any atom is -0.481 e. The molecule has 0 aliphatic carbocycles. The molecule has 1 heterocycles. The smallest absolute Gasteiger partial charge is 0.221 e. The minimum atomic E-state index is -3.17. The summed E-state index contributed by atoms with van der Waals surface area (Å²) >= 11 is 0. The number of nitrogens with one attached hydrogen (secondary N) is 1. The van der Waals surface area contributed by atoms with Crippen LogP contribution in [0.3, 0.4) is 0 Å². The van der Waals surface area contributed by atoms with E-state index in [2.05, 4.69) is 15.3 Å². The number of hydrogen-bond acceptors (Lipinski definition) is 6. The summed E-state index contributed by atoms with van der Waals surface area (Å²) in [5, 5.41) is 3.22. The lowest BCUT2D eigenvalue weighted by atomic mass is 10.2. The Bertz CT molecular complexity index is 771. The molecule has 0 spiro atoms. The van der Waals surface area contributed by atoms with Gasteiger partial charge >= 0.3 is 0 Å². The van der Waals surface area contributed by atoms with E-state index in [4.69, 9.17) is 4.74 Å². The zero-order valence-electron chi connectivity index (χ0n) is 13.0. The number of rotatable bonds is 5. The van der Waals surface area contributed by atoms with Crippen LogP contribution in [0, 0.1) is 13.8 Å². The molecule has 0 radical (unpaired) electrons. The van der Waals surface area contributed by atoms with E-state index in [1.54, 1.807) is 38.3 Å². The highest BCUT2D eigenvalue weighted by Crippen LogP contribution is 2.22. The Labute approximate surface area is 130 Å². The molecule has 1 N–H and O–H groups in total. The minimum absolute atomic E-state index is 0.312. The van der Waals surface area contributed by atoms with Crippen molar-refractivity contribution in [3.8, 4) is 5.88 Å². The molecule has 2 rings (SSSR count). The highest BCUT2D eigenvalue weighted by Gasteiger charge is 2.10. The number of aromatic nitrogens is 2. The number of aryl methyl sites for hydroxylation is 1. The number of methoxy groups -OCH3 is 1. The van der Waals surface area contributed by atoms with Gasteiger partial charge < -0.3 is 10.1 Å². The molecule has 0 saturated heterocycles. The summed E-state index contributed by atoms with van der Waals surface area (Å²) in [5.41, 5.74) is 1.79. The van der Waals surface area contributed by atoms with Crippen molar-refractivity contribution in [1.82, 2.24) is 9.97 Å². The average molecular weight is 321 g/mol. The second-order valence-corrected chi connectivity index (χ2v) is 7.04. The highest BCUT2D eigenvalue weighted by atomic mass is 32.2. The number of sulfone groups is 1. The first-order valence-corrected chi connectivity index (χ1v) is 8.62. The van der Waals surface area contributed by atoms with E-state index in [1.165, 1.54) is 6.26 Å². The van der Waals surface area contributed by atoms with Gasteiger partial charge in [-0.1, -0.05) is 12.1 Å². The second kappa shape index (κ2) is 6.31. The standard InChI is InChI=1S/C15H19N3O3S/c1-10-14(17-11(2)18-15(10)21-3)16-9-12-5-7-13(8-6-12)22(4,19)20/h5-8H,9H2,1-4H3,(H,16,17,18). The molecule has 7 heteroatoms. The number of ether oxygens (including phenoxy) is 1. The molecule has 118 valence electrons. The molecule has 0 aliphatic rings. The van der Waals surface area contributed by atoms with Gasteiger partial charge in [0, 0.05) is 12.8 Å². The normalized spacial score (nSPS) is 11.3. The molecule has 0 fully saturated rings. The molecule has 1 aromatic heterocycles. The third kappa shape index (κ3) is 3.73. The molecule has 0 unspecified atom stereocenters. The number of hydrogen-bond donors (Lipinski definition) is 1. The Morgan fingerprint density at radius 1 is 1.14 bits per heavy atom. The van der Waals surface area contributed by atoms with Gasteiger partial charge in [-0.2, -0.15) is 4.98 Å². The number of nitrogens with zero attached hydrogens (tertiary/aromatic N) is 2. The summed E-state index contributed by atoms with van der Waals surface area (Å²) in [7, 11) is -1.59.